The van der Waals surface area contributed by atoms with Crippen molar-refractivity contribution in [2.75, 3.05) is 6.54 Å². The second-order valence-corrected chi connectivity index (χ2v) is 4.50. The first-order valence-electron chi connectivity index (χ1n) is 6.26. The van der Waals surface area contributed by atoms with E-state index >= 15 is 0 Å². The first kappa shape index (κ1) is 13.0. The van der Waals surface area contributed by atoms with Crippen molar-refractivity contribution in [1.29, 1.82) is 0 Å². The fraction of sp³-hybridized carbons (Fsp3) is 0.833. The van der Waals surface area contributed by atoms with Crippen LogP contribution in [0.15, 0.2) is 4.99 Å². The van der Waals surface area contributed by atoms with E-state index in [2.05, 4.69) is 10.3 Å². The predicted molar refractivity (Wildman–Crippen MR) is 66.3 cm³/mol. The Kier molecular flexibility index (Phi) is 5.29. The van der Waals surface area contributed by atoms with Gasteiger partial charge in [0.15, 0.2) is 0 Å². The Bertz CT molecular complexity index is 257. The summed E-state index contributed by atoms with van der Waals surface area (Å²) in [5, 5.41) is 2.83. The van der Waals surface area contributed by atoms with Gasteiger partial charge in [-0.1, -0.05) is 19.8 Å². The average molecular weight is 225 g/mol. The summed E-state index contributed by atoms with van der Waals surface area (Å²) >= 11 is 0. The van der Waals surface area contributed by atoms with Crippen LogP contribution in [0, 0.1) is 5.92 Å². The molecular weight excluding hydrogens is 202 g/mol. The largest absolute Gasteiger partial charge is 0.387 e. The lowest BCUT2D eigenvalue weighted by Gasteiger charge is -2.12. The topological polar surface area (TPSA) is 67.5 Å². The molecule has 16 heavy (non-hydrogen) atoms. The van der Waals surface area contributed by atoms with E-state index in [1.54, 1.807) is 6.92 Å². The minimum Gasteiger partial charge on any atom is -0.387 e. The van der Waals surface area contributed by atoms with Crippen LogP contribution >= 0.6 is 0 Å². The van der Waals surface area contributed by atoms with Gasteiger partial charge in [0.1, 0.15) is 6.04 Å². The molecule has 1 saturated carbocycles. The summed E-state index contributed by atoms with van der Waals surface area (Å²) in [5.74, 6) is 1.04. The van der Waals surface area contributed by atoms with Gasteiger partial charge in [-0.2, -0.15) is 0 Å². The van der Waals surface area contributed by atoms with Crippen LogP contribution in [-0.4, -0.2) is 24.3 Å². The number of nitrogens with zero attached hydrogens (tertiary/aromatic N) is 1. The Hall–Kier alpha value is -1.06. The Balaban J connectivity index is 2.43. The summed E-state index contributed by atoms with van der Waals surface area (Å²) in [5.41, 5.74) is 5.92. The minimum absolute atomic E-state index is 0.0252. The molecule has 4 heteroatoms. The zero-order valence-electron chi connectivity index (χ0n) is 10.3. The Morgan fingerprint density at radius 2 is 2.12 bits per heavy atom. The molecule has 0 radical (unpaired) electrons. The van der Waals surface area contributed by atoms with Crippen LogP contribution in [-0.2, 0) is 4.79 Å². The smallest absolute Gasteiger partial charge is 0.244 e. The maximum absolute atomic E-state index is 11.6. The molecule has 0 aromatic carbocycles. The summed E-state index contributed by atoms with van der Waals surface area (Å²) in [7, 11) is 0. The van der Waals surface area contributed by atoms with Gasteiger partial charge < -0.3 is 11.1 Å². The standard InChI is InChI=1S/C12H23N3O/c1-3-8-14-12(16)9(2)15-11(13)10-6-4-5-7-10/h9-10H,3-8H2,1-2H3,(H2,13,15)(H,14,16). The molecule has 1 aliphatic rings. The Morgan fingerprint density at radius 1 is 1.50 bits per heavy atom. The zero-order valence-corrected chi connectivity index (χ0v) is 10.3. The van der Waals surface area contributed by atoms with Crippen molar-refractivity contribution in [3.05, 3.63) is 0 Å². The molecule has 92 valence electrons. The molecule has 3 N–H and O–H groups in total. The SMILES string of the molecule is CCCNC(=O)C(C)N=C(N)C1CCCC1. The predicted octanol–water partition coefficient (Wildman–Crippen LogP) is 1.45. The molecular formula is C12H23N3O. The van der Waals surface area contributed by atoms with Crippen molar-refractivity contribution in [3.8, 4) is 0 Å². The van der Waals surface area contributed by atoms with Gasteiger partial charge >= 0.3 is 0 Å². The fourth-order valence-corrected chi connectivity index (χ4v) is 2.01. The van der Waals surface area contributed by atoms with Crippen molar-refractivity contribution < 1.29 is 4.79 Å². The van der Waals surface area contributed by atoms with Crippen LogP contribution < -0.4 is 11.1 Å². The van der Waals surface area contributed by atoms with Crippen molar-refractivity contribution in [2.45, 2.75) is 52.0 Å². The third-order valence-electron chi connectivity index (χ3n) is 3.04. The van der Waals surface area contributed by atoms with E-state index in [1.807, 2.05) is 6.92 Å². The van der Waals surface area contributed by atoms with E-state index in [9.17, 15) is 4.79 Å². The number of nitrogens with two attached hydrogens (primary N) is 1. The van der Waals surface area contributed by atoms with Crippen molar-refractivity contribution in [3.63, 3.8) is 0 Å². The minimum atomic E-state index is -0.354. The van der Waals surface area contributed by atoms with Crippen molar-refractivity contribution >= 4 is 11.7 Å². The number of carbonyl (C=O) groups is 1. The van der Waals surface area contributed by atoms with E-state index in [-0.39, 0.29) is 11.9 Å². The molecule has 1 aliphatic carbocycles. The monoisotopic (exact) mass is 225 g/mol. The highest BCUT2D eigenvalue weighted by atomic mass is 16.2. The summed E-state index contributed by atoms with van der Waals surface area (Å²) in [6.45, 7) is 4.54. The molecule has 0 aromatic heterocycles. The van der Waals surface area contributed by atoms with Gasteiger partial charge in [-0.3, -0.25) is 9.79 Å². The van der Waals surface area contributed by atoms with Crippen LogP contribution in [0.5, 0.6) is 0 Å². The molecule has 0 spiro atoms. The van der Waals surface area contributed by atoms with Crippen LogP contribution in [0.2, 0.25) is 0 Å². The highest BCUT2D eigenvalue weighted by Gasteiger charge is 2.20. The summed E-state index contributed by atoms with van der Waals surface area (Å²) in [4.78, 5) is 15.9. The molecule has 0 aliphatic heterocycles. The second-order valence-electron chi connectivity index (χ2n) is 4.50. The Labute approximate surface area is 97.7 Å². The van der Waals surface area contributed by atoms with Gasteiger partial charge in [0.2, 0.25) is 5.91 Å². The molecule has 0 bridgehead atoms. The quantitative estimate of drug-likeness (QED) is 0.549. The van der Waals surface area contributed by atoms with Crippen molar-refractivity contribution in [1.82, 2.24) is 5.32 Å². The third-order valence-corrected chi connectivity index (χ3v) is 3.04. The molecule has 1 rings (SSSR count). The number of amides is 1. The van der Waals surface area contributed by atoms with Crippen LogP contribution in [0.1, 0.15) is 46.0 Å². The maximum Gasteiger partial charge on any atom is 0.244 e. The summed E-state index contributed by atoms with van der Waals surface area (Å²) in [6, 6.07) is -0.354. The number of carbonyl (C=O) groups excluding carboxylic acids is 1. The number of aliphatic imine (C=N–C) groups is 1. The zero-order chi connectivity index (χ0) is 12.0. The molecule has 1 fully saturated rings. The van der Waals surface area contributed by atoms with E-state index in [0.717, 1.165) is 19.3 Å². The van der Waals surface area contributed by atoms with E-state index in [0.29, 0.717) is 18.3 Å². The highest BCUT2D eigenvalue weighted by Crippen LogP contribution is 2.24. The summed E-state index contributed by atoms with van der Waals surface area (Å²) in [6.07, 6.45) is 5.66. The van der Waals surface area contributed by atoms with Gasteiger partial charge in [0.25, 0.3) is 0 Å². The van der Waals surface area contributed by atoms with Crippen LogP contribution in [0.4, 0.5) is 0 Å². The fourth-order valence-electron chi connectivity index (χ4n) is 2.01. The maximum atomic E-state index is 11.6. The molecule has 0 saturated heterocycles. The number of nitrogens with one attached hydrogen (secondary N) is 1. The molecule has 1 atom stereocenters. The Morgan fingerprint density at radius 3 is 2.69 bits per heavy atom. The van der Waals surface area contributed by atoms with Crippen molar-refractivity contribution in [2.24, 2.45) is 16.6 Å². The van der Waals surface area contributed by atoms with Crippen LogP contribution in [0.3, 0.4) is 0 Å². The molecule has 0 aromatic rings. The van der Waals surface area contributed by atoms with Gasteiger partial charge in [-0.05, 0) is 26.2 Å². The molecule has 4 nitrogen and oxygen atoms in total. The number of hydrogen-bond acceptors (Lipinski definition) is 2. The average Bonchev–Trinajstić information content (AvgIpc) is 2.79. The molecule has 0 heterocycles. The lowest BCUT2D eigenvalue weighted by Crippen LogP contribution is -2.34. The number of hydrogen-bond donors (Lipinski definition) is 2. The number of amidine groups is 1. The highest BCUT2D eigenvalue weighted by molar-refractivity contribution is 5.88. The van der Waals surface area contributed by atoms with Gasteiger partial charge in [0, 0.05) is 12.5 Å². The number of rotatable bonds is 5. The summed E-state index contributed by atoms with van der Waals surface area (Å²) < 4.78 is 0. The first-order chi connectivity index (χ1) is 7.65. The molecule has 1 amide bonds. The van der Waals surface area contributed by atoms with E-state index in [1.165, 1.54) is 12.8 Å². The lowest BCUT2D eigenvalue weighted by molar-refractivity contribution is -0.121. The third kappa shape index (κ3) is 3.83. The van der Waals surface area contributed by atoms with Crippen LogP contribution in [0.25, 0.3) is 0 Å². The van der Waals surface area contributed by atoms with Gasteiger partial charge in [-0.25, -0.2) is 0 Å². The lowest BCUT2D eigenvalue weighted by atomic mass is 10.1. The van der Waals surface area contributed by atoms with E-state index < -0.39 is 0 Å². The normalized spacial score (nSPS) is 19.8. The molecule has 1 unspecified atom stereocenters. The van der Waals surface area contributed by atoms with Gasteiger partial charge in [-0.15, -0.1) is 0 Å². The van der Waals surface area contributed by atoms with E-state index in [4.69, 9.17) is 5.73 Å². The first-order valence-corrected chi connectivity index (χ1v) is 6.26. The van der Waals surface area contributed by atoms with Gasteiger partial charge in [0.05, 0.1) is 5.84 Å². The second kappa shape index (κ2) is 6.51.